The lowest BCUT2D eigenvalue weighted by Crippen LogP contribution is -2.36. The molecule has 146 valence electrons. The topological polar surface area (TPSA) is 63.9 Å². The Kier molecular flexibility index (Phi) is 5.08. The third kappa shape index (κ3) is 3.87. The van der Waals surface area contributed by atoms with Gasteiger partial charge < -0.3 is 4.90 Å². The fraction of sp³-hybridized carbons (Fsp3) is 0.217. The third-order valence-electron chi connectivity index (χ3n) is 4.91. The Balaban J connectivity index is 1.81. The van der Waals surface area contributed by atoms with E-state index < -0.39 is 0 Å². The molecule has 0 aliphatic carbocycles. The summed E-state index contributed by atoms with van der Waals surface area (Å²) in [5.41, 5.74) is 4.07. The molecule has 0 aliphatic rings. The minimum atomic E-state index is -0.0207. The largest absolute Gasteiger partial charge is 0.332 e. The first kappa shape index (κ1) is 18.8. The van der Waals surface area contributed by atoms with Crippen molar-refractivity contribution < 1.29 is 4.79 Å². The van der Waals surface area contributed by atoms with E-state index in [9.17, 15) is 4.79 Å². The zero-order valence-electron chi connectivity index (χ0n) is 16.8. The van der Waals surface area contributed by atoms with Crippen LogP contribution in [-0.4, -0.2) is 36.6 Å². The minimum absolute atomic E-state index is 0.0207. The lowest BCUT2D eigenvalue weighted by atomic mass is 10.0. The number of fused-ring (bicyclic) bond motifs is 1. The smallest absolute Gasteiger partial charge is 0.255 e. The van der Waals surface area contributed by atoms with Gasteiger partial charge in [0.05, 0.1) is 23.0 Å². The van der Waals surface area contributed by atoms with Crippen molar-refractivity contribution >= 4 is 16.8 Å². The molecular weight excluding hydrogens is 362 g/mol. The number of aryl methyl sites for hydroxylation is 1. The van der Waals surface area contributed by atoms with Crippen LogP contribution >= 0.6 is 0 Å². The average molecular weight is 385 g/mol. The first-order chi connectivity index (χ1) is 14.0. The molecule has 0 spiro atoms. The molecule has 0 N–H and O–H groups in total. The van der Waals surface area contributed by atoms with E-state index in [1.807, 2.05) is 74.5 Å². The van der Waals surface area contributed by atoms with Gasteiger partial charge in [0, 0.05) is 49.2 Å². The molecule has 0 saturated heterocycles. The van der Waals surface area contributed by atoms with Gasteiger partial charge in [-0.05, 0) is 37.6 Å². The molecule has 29 heavy (non-hydrogen) atoms. The monoisotopic (exact) mass is 385 g/mol. The molecule has 1 aromatic carbocycles. The van der Waals surface area contributed by atoms with Gasteiger partial charge in [-0.15, -0.1) is 0 Å². The minimum Gasteiger partial charge on any atom is -0.332 e. The van der Waals surface area contributed by atoms with E-state index in [-0.39, 0.29) is 11.9 Å². The Bertz CT molecular complexity index is 1150. The molecule has 1 amide bonds. The second-order valence-electron chi connectivity index (χ2n) is 7.36. The molecule has 0 atom stereocenters. The van der Waals surface area contributed by atoms with Crippen LogP contribution in [-0.2, 0) is 13.6 Å². The van der Waals surface area contributed by atoms with Gasteiger partial charge in [0.1, 0.15) is 0 Å². The number of aromatic nitrogens is 4. The number of pyridine rings is 2. The summed E-state index contributed by atoms with van der Waals surface area (Å²) >= 11 is 0. The summed E-state index contributed by atoms with van der Waals surface area (Å²) in [6.45, 7) is 4.56. The molecule has 0 saturated carbocycles. The van der Waals surface area contributed by atoms with Crippen LogP contribution in [0.25, 0.3) is 22.2 Å². The number of benzene rings is 1. The quantitative estimate of drug-likeness (QED) is 0.519. The van der Waals surface area contributed by atoms with Crippen molar-refractivity contribution in [3.63, 3.8) is 0 Å². The van der Waals surface area contributed by atoms with Gasteiger partial charge in [-0.1, -0.05) is 24.3 Å². The Morgan fingerprint density at radius 2 is 1.97 bits per heavy atom. The van der Waals surface area contributed by atoms with Crippen LogP contribution in [0.3, 0.4) is 0 Å². The second kappa shape index (κ2) is 7.83. The number of para-hydroxylation sites is 1. The highest BCUT2D eigenvalue weighted by Crippen LogP contribution is 2.26. The lowest BCUT2D eigenvalue weighted by molar-refractivity contribution is 0.0692. The van der Waals surface area contributed by atoms with Gasteiger partial charge in [0.25, 0.3) is 5.91 Å². The van der Waals surface area contributed by atoms with Gasteiger partial charge in [0.15, 0.2) is 0 Å². The first-order valence-electron chi connectivity index (χ1n) is 9.61. The maximum Gasteiger partial charge on any atom is 0.255 e. The van der Waals surface area contributed by atoms with Crippen LogP contribution in [0.2, 0.25) is 0 Å². The maximum atomic E-state index is 13.7. The molecule has 0 unspecified atom stereocenters. The summed E-state index contributed by atoms with van der Waals surface area (Å²) < 4.78 is 1.73. The van der Waals surface area contributed by atoms with Gasteiger partial charge in [-0.3, -0.25) is 14.5 Å². The average Bonchev–Trinajstić information content (AvgIpc) is 3.17. The predicted octanol–water partition coefficient (Wildman–Crippen LogP) is 4.08. The molecule has 0 aliphatic heterocycles. The normalized spacial score (nSPS) is 11.2. The van der Waals surface area contributed by atoms with E-state index in [2.05, 4.69) is 10.1 Å². The number of carbonyl (C=O) groups excluding carboxylic acids is 1. The van der Waals surface area contributed by atoms with Crippen LogP contribution < -0.4 is 0 Å². The van der Waals surface area contributed by atoms with Crippen LogP contribution in [0, 0.1) is 0 Å². The molecule has 0 bridgehead atoms. The Hall–Kier alpha value is -3.54. The highest BCUT2D eigenvalue weighted by Gasteiger charge is 2.22. The highest BCUT2D eigenvalue weighted by atomic mass is 16.2. The maximum absolute atomic E-state index is 13.7. The van der Waals surface area contributed by atoms with Crippen LogP contribution in [0.4, 0.5) is 0 Å². The summed E-state index contributed by atoms with van der Waals surface area (Å²) in [6, 6.07) is 13.6. The number of hydrogen-bond acceptors (Lipinski definition) is 4. The van der Waals surface area contributed by atoms with Gasteiger partial charge in [-0.25, -0.2) is 4.98 Å². The van der Waals surface area contributed by atoms with Crippen molar-refractivity contribution in [1.29, 1.82) is 0 Å². The van der Waals surface area contributed by atoms with Crippen molar-refractivity contribution in [2.75, 3.05) is 0 Å². The molecule has 3 heterocycles. The number of carbonyl (C=O) groups is 1. The van der Waals surface area contributed by atoms with E-state index in [4.69, 9.17) is 4.98 Å². The number of hydrogen-bond donors (Lipinski definition) is 0. The molecular formula is C23H23N5O. The summed E-state index contributed by atoms with van der Waals surface area (Å²) in [6.07, 6.45) is 7.21. The van der Waals surface area contributed by atoms with E-state index >= 15 is 0 Å². The van der Waals surface area contributed by atoms with E-state index in [0.29, 0.717) is 12.1 Å². The summed E-state index contributed by atoms with van der Waals surface area (Å²) in [7, 11) is 1.87. The van der Waals surface area contributed by atoms with Gasteiger partial charge >= 0.3 is 0 Å². The van der Waals surface area contributed by atoms with Gasteiger partial charge in [0.2, 0.25) is 0 Å². The Morgan fingerprint density at radius 1 is 1.14 bits per heavy atom. The van der Waals surface area contributed by atoms with E-state index in [1.54, 1.807) is 23.3 Å². The molecule has 4 aromatic rings. The second-order valence-corrected chi connectivity index (χ2v) is 7.36. The van der Waals surface area contributed by atoms with Crippen molar-refractivity contribution in [2.24, 2.45) is 7.05 Å². The van der Waals surface area contributed by atoms with Crippen molar-refractivity contribution in [3.8, 4) is 11.3 Å². The first-order valence-corrected chi connectivity index (χ1v) is 9.61. The SMILES string of the molecule is CC(C)N(Cc1cccnc1)C(=O)c1cc(-c2cnn(C)c2)nc2ccccc12. The molecule has 6 heteroatoms. The molecule has 0 radical (unpaired) electrons. The zero-order valence-corrected chi connectivity index (χ0v) is 16.8. The fourth-order valence-electron chi connectivity index (χ4n) is 3.39. The number of amides is 1. The summed E-state index contributed by atoms with van der Waals surface area (Å²) in [5.74, 6) is -0.0207. The number of nitrogens with zero attached hydrogens (tertiary/aromatic N) is 5. The molecule has 3 aromatic heterocycles. The van der Waals surface area contributed by atoms with Crippen molar-refractivity contribution in [2.45, 2.75) is 26.4 Å². The Labute approximate surface area is 169 Å². The summed E-state index contributed by atoms with van der Waals surface area (Å²) in [5, 5.41) is 5.09. The molecule has 4 rings (SSSR count). The van der Waals surface area contributed by atoms with Crippen LogP contribution in [0.15, 0.2) is 67.3 Å². The fourth-order valence-corrected chi connectivity index (χ4v) is 3.39. The highest BCUT2D eigenvalue weighted by molar-refractivity contribution is 6.07. The Morgan fingerprint density at radius 3 is 2.66 bits per heavy atom. The van der Waals surface area contributed by atoms with Crippen LogP contribution in [0.5, 0.6) is 0 Å². The van der Waals surface area contributed by atoms with E-state index in [0.717, 1.165) is 27.7 Å². The van der Waals surface area contributed by atoms with E-state index in [1.165, 1.54) is 0 Å². The predicted molar refractivity (Wildman–Crippen MR) is 113 cm³/mol. The molecule has 0 fully saturated rings. The molecule has 6 nitrogen and oxygen atoms in total. The number of rotatable bonds is 5. The van der Waals surface area contributed by atoms with Crippen molar-refractivity contribution in [1.82, 2.24) is 24.6 Å². The standard InChI is InChI=1S/C23H23N5O/c1-16(2)28(14-17-7-6-10-24-12-17)23(29)20-11-22(18-13-25-27(3)15-18)26-21-9-5-4-8-19(20)21/h4-13,15-16H,14H2,1-3H3. The van der Waals surface area contributed by atoms with Crippen molar-refractivity contribution in [3.05, 3.63) is 78.4 Å². The van der Waals surface area contributed by atoms with Gasteiger partial charge in [-0.2, -0.15) is 5.10 Å². The lowest BCUT2D eigenvalue weighted by Gasteiger charge is -2.27. The zero-order chi connectivity index (χ0) is 20.4. The van der Waals surface area contributed by atoms with Crippen LogP contribution in [0.1, 0.15) is 29.8 Å². The third-order valence-corrected chi connectivity index (χ3v) is 4.91. The summed E-state index contributed by atoms with van der Waals surface area (Å²) in [4.78, 5) is 24.5.